The van der Waals surface area contributed by atoms with Crippen LogP contribution in [-0.2, 0) is 9.47 Å². The highest BCUT2D eigenvalue weighted by Crippen LogP contribution is 2.41. The summed E-state index contributed by atoms with van der Waals surface area (Å²) >= 11 is 3.57. The number of hydrogen-bond donors (Lipinski definition) is 1. The molecule has 2 aliphatic heterocycles. The van der Waals surface area contributed by atoms with Gasteiger partial charge in [0.1, 0.15) is 11.4 Å². The predicted octanol–water partition coefficient (Wildman–Crippen LogP) is 4.24. The van der Waals surface area contributed by atoms with Gasteiger partial charge in [-0.2, -0.15) is 0 Å². The lowest BCUT2D eigenvalue weighted by Gasteiger charge is -2.47. The van der Waals surface area contributed by atoms with Gasteiger partial charge in [-0.3, -0.25) is 0 Å². The van der Waals surface area contributed by atoms with Crippen LogP contribution < -0.4 is 5.73 Å². The maximum atomic E-state index is 11.9. The van der Waals surface area contributed by atoms with Crippen LogP contribution in [0, 0.1) is 0 Å². The minimum Gasteiger partial charge on any atom is -0.487 e. The van der Waals surface area contributed by atoms with Gasteiger partial charge in [-0.05, 0) is 32.4 Å². The van der Waals surface area contributed by atoms with Gasteiger partial charge < -0.3 is 20.1 Å². The summed E-state index contributed by atoms with van der Waals surface area (Å²) in [5.74, 6) is 0.852. The molecular formula is C19H29BrN2O3. The molecule has 1 spiro atoms. The number of nitrogens with two attached hydrogens (primary N) is 1. The Kier molecular flexibility index (Phi) is 7.14. The summed E-state index contributed by atoms with van der Waals surface area (Å²) in [6, 6.07) is -0.0769. The van der Waals surface area contributed by atoms with Crippen molar-refractivity contribution in [2.75, 3.05) is 19.7 Å². The van der Waals surface area contributed by atoms with E-state index in [2.05, 4.69) is 35.0 Å². The highest BCUT2D eigenvalue weighted by molar-refractivity contribution is 9.11. The second-order valence-corrected chi connectivity index (χ2v) is 7.45. The van der Waals surface area contributed by atoms with Crippen molar-refractivity contribution in [2.45, 2.75) is 58.1 Å². The number of nitrogens with zero attached hydrogens (tertiary/aromatic N) is 1. The molecule has 140 valence electrons. The number of likely N-dealkylation sites (tertiary alicyclic amines) is 1. The third-order valence-corrected chi connectivity index (χ3v) is 5.31. The van der Waals surface area contributed by atoms with Crippen LogP contribution >= 0.6 is 15.9 Å². The zero-order valence-corrected chi connectivity index (χ0v) is 17.0. The molecular weight excluding hydrogens is 384 g/mol. The third kappa shape index (κ3) is 4.88. The molecule has 5 nitrogen and oxygen atoms in total. The molecule has 0 aromatic rings. The number of amides is 1. The van der Waals surface area contributed by atoms with E-state index in [9.17, 15) is 4.79 Å². The molecule has 0 bridgehead atoms. The van der Waals surface area contributed by atoms with Crippen molar-refractivity contribution >= 4 is 22.0 Å². The molecule has 2 N–H and O–H groups in total. The Morgan fingerprint density at radius 2 is 2.12 bits per heavy atom. The smallest absolute Gasteiger partial charge is 0.409 e. The zero-order valence-electron chi connectivity index (χ0n) is 15.4. The van der Waals surface area contributed by atoms with Crippen LogP contribution in [0.2, 0.25) is 0 Å². The number of hydrogen-bond acceptors (Lipinski definition) is 4. The van der Waals surface area contributed by atoms with Crippen LogP contribution in [0.3, 0.4) is 0 Å². The van der Waals surface area contributed by atoms with E-state index in [0.717, 1.165) is 41.5 Å². The monoisotopic (exact) mass is 412 g/mol. The van der Waals surface area contributed by atoms with Gasteiger partial charge in [0.25, 0.3) is 0 Å². The Morgan fingerprint density at radius 1 is 1.44 bits per heavy atom. The molecule has 0 aromatic carbocycles. The maximum Gasteiger partial charge on any atom is 0.409 e. The van der Waals surface area contributed by atoms with Gasteiger partial charge in [0.15, 0.2) is 0 Å². The Balaban J connectivity index is 2.10. The van der Waals surface area contributed by atoms with E-state index in [1.807, 2.05) is 19.9 Å². The van der Waals surface area contributed by atoms with Crippen LogP contribution in [0.5, 0.6) is 0 Å². The Hall–Kier alpha value is -1.27. The first kappa shape index (κ1) is 20.0. The molecule has 2 heterocycles. The van der Waals surface area contributed by atoms with Crippen molar-refractivity contribution in [1.82, 2.24) is 4.90 Å². The summed E-state index contributed by atoms with van der Waals surface area (Å²) in [5.41, 5.74) is 7.23. The van der Waals surface area contributed by atoms with E-state index in [0.29, 0.717) is 19.7 Å². The van der Waals surface area contributed by atoms with Crippen molar-refractivity contribution in [3.63, 3.8) is 0 Å². The van der Waals surface area contributed by atoms with Gasteiger partial charge in [-0.25, -0.2) is 4.79 Å². The van der Waals surface area contributed by atoms with Crippen LogP contribution in [-0.4, -0.2) is 42.3 Å². The molecule has 2 saturated heterocycles. The van der Waals surface area contributed by atoms with Gasteiger partial charge in [-0.15, -0.1) is 0 Å². The molecule has 0 aliphatic carbocycles. The largest absolute Gasteiger partial charge is 0.487 e. The normalized spacial score (nSPS) is 26.8. The zero-order chi connectivity index (χ0) is 18.4. The summed E-state index contributed by atoms with van der Waals surface area (Å²) < 4.78 is 12.5. The van der Waals surface area contributed by atoms with Crippen molar-refractivity contribution in [2.24, 2.45) is 5.73 Å². The van der Waals surface area contributed by atoms with Gasteiger partial charge >= 0.3 is 6.09 Å². The van der Waals surface area contributed by atoms with E-state index in [-0.39, 0.29) is 17.7 Å². The second kappa shape index (κ2) is 8.90. The maximum absolute atomic E-state index is 11.9. The number of rotatable bonds is 3. The van der Waals surface area contributed by atoms with Crippen molar-refractivity contribution in [3.05, 3.63) is 34.0 Å². The molecule has 6 heteroatoms. The van der Waals surface area contributed by atoms with Crippen LogP contribution in [0.4, 0.5) is 4.79 Å². The second-order valence-electron chi connectivity index (χ2n) is 6.53. The molecule has 0 aromatic heterocycles. The van der Waals surface area contributed by atoms with Crippen LogP contribution in [0.15, 0.2) is 34.0 Å². The average molecular weight is 413 g/mol. The van der Waals surface area contributed by atoms with Crippen molar-refractivity contribution in [1.29, 1.82) is 0 Å². The van der Waals surface area contributed by atoms with Crippen LogP contribution in [0.25, 0.3) is 0 Å². The van der Waals surface area contributed by atoms with E-state index < -0.39 is 0 Å². The first-order chi connectivity index (χ1) is 11.9. The van der Waals surface area contributed by atoms with E-state index in [1.54, 1.807) is 4.90 Å². The van der Waals surface area contributed by atoms with Gasteiger partial charge in [0.2, 0.25) is 0 Å². The van der Waals surface area contributed by atoms with E-state index in [4.69, 9.17) is 15.2 Å². The predicted molar refractivity (Wildman–Crippen MR) is 103 cm³/mol. The lowest BCUT2D eigenvalue weighted by atomic mass is 9.80. The Morgan fingerprint density at radius 3 is 2.68 bits per heavy atom. The van der Waals surface area contributed by atoms with Gasteiger partial charge in [0, 0.05) is 48.4 Å². The molecule has 0 saturated carbocycles. The molecule has 2 rings (SSSR count). The number of carbonyl (C=O) groups is 1. The topological polar surface area (TPSA) is 64.8 Å². The molecule has 25 heavy (non-hydrogen) atoms. The summed E-state index contributed by atoms with van der Waals surface area (Å²) in [4.78, 5) is 13.7. The molecule has 0 radical (unpaired) electrons. The number of halogens is 1. The molecule has 2 fully saturated rings. The third-order valence-electron chi connectivity index (χ3n) is 4.76. The minimum atomic E-state index is -0.289. The summed E-state index contributed by atoms with van der Waals surface area (Å²) in [6.45, 7) is 7.57. The number of carbonyl (C=O) groups excluding carboxylic acids is 1. The van der Waals surface area contributed by atoms with Crippen molar-refractivity contribution < 1.29 is 14.3 Å². The molecule has 1 atom stereocenters. The number of piperidine rings is 1. The quantitative estimate of drug-likeness (QED) is 0.752. The Bertz CT molecular complexity index is 575. The highest BCUT2D eigenvalue weighted by Gasteiger charge is 2.44. The summed E-state index contributed by atoms with van der Waals surface area (Å²) in [7, 11) is 0. The van der Waals surface area contributed by atoms with Crippen LogP contribution in [0.1, 0.15) is 46.5 Å². The van der Waals surface area contributed by atoms with Crippen molar-refractivity contribution in [3.8, 4) is 0 Å². The fourth-order valence-corrected chi connectivity index (χ4v) is 4.02. The summed E-state index contributed by atoms with van der Waals surface area (Å²) in [6.07, 6.45) is 9.18. The van der Waals surface area contributed by atoms with E-state index in [1.165, 1.54) is 0 Å². The fourth-order valence-electron chi connectivity index (χ4n) is 3.45. The highest BCUT2D eigenvalue weighted by atomic mass is 79.9. The number of ether oxygens (including phenoxy) is 2. The molecule has 1 unspecified atom stereocenters. The lowest BCUT2D eigenvalue weighted by molar-refractivity contribution is -0.0637. The first-order valence-corrected chi connectivity index (χ1v) is 9.84. The SMILES string of the molecule is C/C=C1/OC2(CCN(C(=O)OCC)CC2)CC(N)/C1=C/C(Br)=C/CC. The standard InChI is InChI=1S/C19H29BrN2O3/c1-4-7-14(20)12-15-16(21)13-19(25-17(15)5-2)8-10-22(11-9-19)18(23)24-6-3/h5,7,12,16H,4,6,8-11,13,21H2,1-3H3/b14-7-,15-12-,17-5+. The van der Waals surface area contributed by atoms with Gasteiger partial charge in [-0.1, -0.05) is 28.9 Å². The van der Waals surface area contributed by atoms with E-state index >= 15 is 0 Å². The molecule has 2 aliphatic rings. The Labute approximate surface area is 159 Å². The minimum absolute atomic E-state index is 0.0769. The average Bonchev–Trinajstić information content (AvgIpc) is 2.58. The fraction of sp³-hybridized carbons (Fsp3) is 0.632. The number of allylic oxidation sites excluding steroid dienone is 4. The van der Waals surface area contributed by atoms with Gasteiger partial charge in [0.05, 0.1) is 6.61 Å². The summed E-state index contributed by atoms with van der Waals surface area (Å²) in [5, 5.41) is 0. The first-order valence-electron chi connectivity index (χ1n) is 9.05. The lowest BCUT2D eigenvalue weighted by Crippen LogP contribution is -2.53. The molecule has 1 amide bonds.